The average Bonchev–Trinajstić information content (AvgIpc) is 2.29. The van der Waals surface area contributed by atoms with Crippen molar-refractivity contribution in [1.29, 1.82) is 0 Å². The number of rotatable bonds is 3. The van der Waals surface area contributed by atoms with Crippen LogP contribution < -0.4 is 0 Å². The van der Waals surface area contributed by atoms with E-state index in [-0.39, 0.29) is 5.04 Å². The van der Waals surface area contributed by atoms with Crippen LogP contribution in [0.2, 0.25) is 18.1 Å². The van der Waals surface area contributed by atoms with Crippen LogP contribution in [0.4, 0.5) is 0 Å². The van der Waals surface area contributed by atoms with E-state index in [9.17, 15) is 9.90 Å². The third kappa shape index (κ3) is 3.16. The molecule has 0 heterocycles. The van der Waals surface area contributed by atoms with Crippen molar-refractivity contribution in [1.82, 2.24) is 0 Å². The first-order valence-electron chi connectivity index (χ1n) is 6.39. The van der Waals surface area contributed by atoms with E-state index >= 15 is 0 Å². The average molecular weight is 284 g/mol. The number of ether oxygens (including phenoxy) is 1. The maximum Gasteiger partial charge on any atom is 0.345 e. The second kappa shape index (κ2) is 5.23. The van der Waals surface area contributed by atoms with Crippen LogP contribution in [0.3, 0.4) is 0 Å². The van der Waals surface area contributed by atoms with Gasteiger partial charge >= 0.3 is 5.97 Å². The first-order valence-corrected chi connectivity index (χ1v) is 9.30. The molecule has 0 bridgehead atoms. The molecule has 0 radical (unpaired) electrons. The van der Waals surface area contributed by atoms with Crippen LogP contribution in [-0.4, -0.2) is 38.2 Å². The van der Waals surface area contributed by atoms with Crippen LogP contribution in [0.5, 0.6) is 0 Å². The van der Waals surface area contributed by atoms with Crippen molar-refractivity contribution in [3.63, 3.8) is 0 Å². The molecule has 0 saturated carbocycles. The van der Waals surface area contributed by atoms with E-state index in [0.717, 1.165) is 0 Å². The molecule has 0 unspecified atom stereocenters. The Hall–Kier alpha value is -0.913. The minimum absolute atomic E-state index is 0.000961. The molecule has 0 aromatic heterocycles. The van der Waals surface area contributed by atoms with Crippen molar-refractivity contribution >= 4 is 14.3 Å². The lowest BCUT2D eigenvalue weighted by atomic mass is 9.92. The zero-order chi connectivity index (χ0) is 14.9. The van der Waals surface area contributed by atoms with E-state index in [2.05, 4.69) is 38.6 Å². The summed E-state index contributed by atoms with van der Waals surface area (Å²) in [7, 11) is -0.833. The Labute approximate surface area is 116 Å². The van der Waals surface area contributed by atoms with Gasteiger partial charge in [0.2, 0.25) is 5.60 Å². The molecule has 0 aromatic rings. The monoisotopic (exact) mass is 284 g/mol. The topological polar surface area (TPSA) is 55.8 Å². The zero-order valence-electron chi connectivity index (χ0n) is 12.6. The summed E-state index contributed by atoms with van der Waals surface area (Å²) in [6, 6.07) is 0. The zero-order valence-corrected chi connectivity index (χ0v) is 13.6. The van der Waals surface area contributed by atoms with Crippen molar-refractivity contribution in [2.24, 2.45) is 0 Å². The molecule has 5 heteroatoms. The molecule has 4 nitrogen and oxygen atoms in total. The molecular weight excluding hydrogens is 260 g/mol. The maximum absolute atomic E-state index is 11.8. The predicted octanol–water partition coefficient (Wildman–Crippen LogP) is 2.41. The molecule has 0 saturated heterocycles. The van der Waals surface area contributed by atoms with E-state index in [1.807, 2.05) is 0 Å². The van der Waals surface area contributed by atoms with E-state index < -0.39 is 26.0 Å². The van der Waals surface area contributed by atoms with Crippen molar-refractivity contribution in [2.75, 3.05) is 7.11 Å². The van der Waals surface area contributed by atoms with Gasteiger partial charge in [0.15, 0.2) is 8.32 Å². The molecule has 0 spiro atoms. The first-order chi connectivity index (χ1) is 8.54. The lowest BCUT2D eigenvalue weighted by Crippen LogP contribution is -2.55. The molecule has 2 atom stereocenters. The van der Waals surface area contributed by atoms with Gasteiger partial charge in [-0.3, -0.25) is 0 Å². The Morgan fingerprint density at radius 2 is 1.89 bits per heavy atom. The van der Waals surface area contributed by atoms with Crippen LogP contribution in [0.1, 0.15) is 20.8 Å². The fourth-order valence-corrected chi connectivity index (χ4v) is 2.83. The van der Waals surface area contributed by atoms with Crippen LogP contribution in [0.25, 0.3) is 0 Å². The first kappa shape index (κ1) is 16.1. The van der Waals surface area contributed by atoms with Gasteiger partial charge in [-0.25, -0.2) is 4.79 Å². The highest BCUT2D eigenvalue weighted by molar-refractivity contribution is 6.74. The van der Waals surface area contributed by atoms with Gasteiger partial charge in [-0.1, -0.05) is 39.0 Å². The predicted molar refractivity (Wildman–Crippen MR) is 77.3 cm³/mol. The van der Waals surface area contributed by atoms with Crippen molar-refractivity contribution in [3.05, 3.63) is 24.3 Å². The lowest BCUT2D eigenvalue weighted by Gasteiger charge is -2.42. The van der Waals surface area contributed by atoms with Gasteiger partial charge in [0.25, 0.3) is 0 Å². The molecule has 1 rings (SSSR count). The third-order valence-electron chi connectivity index (χ3n) is 3.92. The third-order valence-corrected chi connectivity index (χ3v) is 8.38. The van der Waals surface area contributed by atoms with E-state index in [4.69, 9.17) is 4.43 Å². The summed E-state index contributed by atoms with van der Waals surface area (Å²) in [5.74, 6) is -0.697. The molecule has 0 aliphatic heterocycles. The van der Waals surface area contributed by atoms with E-state index in [1.165, 1.54) is 13.2 Å². The van der Waals surface area contributed by atoms with E-state index in [1.54, 1.807) is 18.2 Å². The summed E-state index contributed by atoms with van der Waals surface area (Å²) in [6.07, 6.45) is 5.83. The van der Waals surface area contributed by atoms with Gasteiger partial charge in [0.1, 0.15) is 6.10 Å². The van der Waals surface area contributed by atoms with Crippen LogP contribution in [0.15, 0.2) is 24.3 Å². The SMILES string of the molecule is COC(=O)[C@]1(O)C=CC=C[C@H]1O[Si](C)(C)C(C)(C)C. The smallest absolute Gasteiger partial charge is 0.345 e. The second-order valence-electron chi connectivity index (χ2n) is 6.36. The second-order valence-corrected chi connectivity index (χ2v) is 11.1. The van der Waals surface area contributed by atoms with Gasteiger partial charge < -0.3 is 14.3 Å². The minimum atomic E-state index is -2.09. The highest BCUT2D eigenvalue weighted by atomic mass is 28.4. The summed E-state index contributed by atoms with van der Waals surface area (Å²) < 4.78 is 10.8. The Bertz CT molecular complexity index is 406. The number of esters is 1. The van der Waals surface area contributed by atoms with E-state index in [0.29, 0.717) is 0 Å². The minimum Gasteiger partial charge on any atom is -0.467 e. The Morgan fingerprint density at radius 3 is 2.37 bits per heavy atom. The molecule has 1 aliphatic rings. The highest BCUT2D eigenvalue weighted by Crippen LogP contribution is 2.39. The normalized spacial score (nSPS) is 27.4. The molecule has 0 fully saturated rings. The van der Waals surface area contributed by atoms with Crippen LogP contribution in [-0.2, 0) is 14.0 Å². The largest absolute Gasteiger partial charge is 0.467 e. The Kier molecular flexibility index (Phi) is 4.44. The fourth-order valence-electron chi connectivity index (χ4n) is 1.58. The maximum atomic E-state index is 11.8. The van der Waals surface area contributed by atoms with Crippen molar-refractivity contribution < 1.29 is 19.1 Å². The van der Waals surface area contributed by atoms with Crippen molar-refractivity contribution in [3.8, 4) is 0 Å². The quantitative estimate of drug-likeness (QED) is 0.639. The lowest BCUT2D eigenvalue weighted by molar-refractivity contribution is -0.163. The van der Waals surface area contributed by atoms with Crippen molar-refractivity contribution in [2.45, 2.75) is 50.6 Å². The number of carbonyl (C=O) groups is 1. The van der Waals surface area contributed by atoms with Gasteiger partial charge in [-0.15, -0.1) is 0 Å². The van der Waals surface area contributed by atoms with Crippen LogP contribution in [0, 0.1) is 0 Å². The summed E-state index contributed by atoms with van der Waals surface area (Å²) >= 11 is 0. The van der Waals surface area contributed by atoms with Gasteiger partial charge in [-0.05, 0) is 24.2 Å². The highest BCUT2D eigenvalue weighted by Gasteiger charge is 2.48. The number of methoxy groups -OCH3 is 1. The number of hydrogen-bond donors (Lipinski definition) is 1. The molecule has 1 aliphatic carbocycles. The summed E-state index contributed by atoms with van der Waals surface area (Å²) in [6.45, 7) is 10.5. The Morgan fingerprint density at radius 1 is 1.32 bits per heavy atom. The number of carbonyl (C=O) groups excluding carboxylic acids is 1. The van der Waals surface area contributed by atoms with Gasteiger partial charge in [-0.2, -0.15) is 0 Å². The molecular formula is C14H24O4Si. The summed E-state index contributed by atoms with van der Waals surface area (Å²) in [5, 5.41) is 10.5. The molecule has 0 aromatic carbocycles. The Balaban J connectivity index is 3.02. The number of allylic oxidation sites excluding steroid dienone is 2. The van der Waals surface area contributed by atoms with Gasteiger partial charge in [0, 0.05) is 0 Å². The number of hydrogen-bond acceptors (Lipinski definition) is 4. The van der Waals surface area contributed by atoms with Crippen LogP contribution >= 0.6 is 0 Å². The molecule has 108 valence electrons. The number of aliphatic hydroxyl groups is 1. The summed E-state index contributed by atoms with van der Waals surface area (Å²) in [4.78, 5) is 11.8. The molecule has 0 amide bonds. The summed E-state index contributed by atoms with van der Waals surface area (Å²) in [5.41, 5.74) is -1.74. The molecule has 19 heavy (non-hydrogen) atoms. The fraction of sp³-hybridized carbons (Fsp3) is 0.643. The standard InChI is InChI=1S/C14H24O4Si/c1-13(2,3)19(5,6)18-11-9-7-8-10-14(11,16)12(15)17-4/h7-11,16H,1-6H3/t11-,14+/m1/s1. The molecule has 1 N–H and O–H groups in total. The van der Waals surface area contributed by atoms with Gasteiger partial charge in [0.05, 0.1) is 7.11 Å².